The van der Waals surface area contributed by atoms with Crippen molar-refractivity contribution in [3.05, 3.63) is 28.8 Å². The molecule has 0 fully saturated rings. The summed E-state index contributed by atoms with van der Waals surface area (Å²) in [5.74, 6) is 0. The molecule has 0 aliphatic heterocycles. The number of nitrogens with one attached hydrogen (secondary N) is 1. The van der Waals surface area contributed by atoms with Gasteiger partial charge in [-0.15, -0.1) is 0 Å². The standard InChI is InChI=1S/C12H18ClNO/c1-9-4-5-10(13)8-11(9)14-7-6-12(2,3)15/h4-5,8,14-15H,6-7H2,1-3H3. The minimum Gasteiger partial charge on any atom is -0.390 e. The Labute approximate surface area is 96.3 Å². The first-order valence-electron chi connectivity index (χ1n) is 5.11. The van der Waals surface area contributed by atoms with E-state index < -0.39 is 5.60 Å². The van der Waals surface area contributed by atoms with E-state index >= 15 is 0 Å². The van der Waals surface area contributed by atoms with Crippen LogP contribution in [0, 0.1) is 6.92 Å². The topological polar surface area (TPSA) is 32.3 Å². The van der Waals surface area contributed by atoms with E-state index in [-0.39, 0.29) is 0 Å². The van der Waals surface area contributed by atoms with Crippen LogP contribution in [0.3, 0.4) is 0 Å². The van der Waals surface area contributed by atoms with Gasteiger partial charge >= 0.3 is 0 Å². The van der Waals surface area contributed by atoms with Crippen molar-refractivity contribution in [2.24, 2.45) is 0 Å². The van der Waals surface area contributed by atoms with Gasteiger partial charge in [0, 0.05) is 17.3 Å². The summed E-state index contributed by atoms with van der Waals surface area (Å²) >= 11 is 5.90. The van der Waals surface area contributed by atoms with Crippen molar-refractivity contribution in [2.75, 3.05) is 11.9 Å². The smallest absolute Gasteiger partial charge is 0.0608 e. The van der Waals surface area contributed by atoms with Crippen LogP contribution >= 0.6 is 11.6 Å². The molecule has 0 aromatic heterocycles. The lowest BCUT2D eigenvalue weighted by molar-refractivity contribution is 0.0749. The fourth-order valence-corrected chi connectivity index (χ4v) is 1.46. The fraction of sp³-hybridized carbons (Fsp3) is 0.500. The summed E-state index contributed by atoms with van der Waals surface area (Å²) in [7, 11) is 0. The predicted octanol–water partition coefficient (Wildman–Crippen LogP) is 3.22. The summed E-state index contributed by atoms with van der Waals surface area (Å²) in [4.78, 5) is 0. The highest BCUT2D eigenvalue weighted by atomic mass is 35.5. The Morgan fingerprint density at radius 3 is 2.67 bits per heavy atom. The zero-order valence-corrected chi connectivity index (χ0v) is 10.2. The predicted molar refractivity (Wildman–Crippen MR) is 65.6 cm³/mol. The SMILES string of the molecule is Cc1ccc(Cl)cc1NCCC(C)(C)O. The Bertz CT molecular complexity index is 331. The summed E-state index contributed by atoms with van der Waals surface area (Å²) in [6.07, 6.45) is 0.707. The lowest BCUT2D eigenvalue weighted by Crippen LogP contribution is -2.22. The number of aryl methyl sites for hydroxylation is 1. The number of anilines is 1. The molecule has 0 aliphatic rings. The number of hydrogen-bond acceptors (Lipinski definition) is 2. The molecule has 0 atom stereocenters. The van der Waals surface area contributed by atoms with Gasteiger partial charge in [0.15, 0.2) is 0 Å². The highest BCUT2D eigenvalue weighted by Gasteiger charge is 2.11. The lowest BCUT2D eigenvalue weighted by atomic mass is 10.1. The third kappa shape index (κ3) is 4.54. The second kappa shape index (κ2) is 4.86. The summed E-state index contributed by atoms with van der Waals surface area (Å²) in [6.45, 7) is 6.38. The fourth-order valence-electron chi connectivity index (χ4n) is 1.29. The Hall–Kier alpha value is -0.730. The van der Waals surface area contributed by atoms with Crippen LogP contribution in [0.1, 0.15) is 25.8 Å². The van der Waals surface area contributed by atoms with Gasteiger partial charge in [0.25, 0.3) is 0 Å². The zero-order valence-electron chi connectivity index (χ0n) is 9.47. The van der Waals surface area contributed by atoms with Crippen LogP contribution in [0.5, 0.6) is 0 Å². The van der Waals surface area contributed by atoms with Gasteiger partial charge in [-0.25, -0.2) is 0 Å². The summed E-state index contributed by atoms with van der Waals surface area (Å²) in [5, 5.41) is 13.5. The van der Waals surface area contributed by atoms with E-state index in [0.29, 0.717) is 6.42 Å². The first-order valence-corrected chi connectivity index (χ1v) is 5.49. The molecule has 0 heterocycles. The van der Waals surface area contributed by atoms with Gasteiger partial charge in [-0.1, -0.05) is 17.7 Å². The largest absolute Gasteiger partial charge is 0.390 e. The van der Waals surface area contributed by atoms with Gasteiger partial charge in [-0.05, 0) is 44.9 Å². The van der Waals surface area contributed by atoms with Crippen LogP contribution in [0.15, 0.2) is 18.2 Å². The normalized spacial score (nSPS) is 11.5. The van der Waals surface area contributed by atoms with E-state index in [9.17, 15) is 5.11 Å². The molecule has 2 nitrogen and oxygen atoms in total. The molecule has 15 heavy (non-hydrogen) atoms. The minimum absolute atomic E-state index is 0.626. The van der Waals surface area contributed by atoms with Gasteiger partial charge < -0.3 is 10.4 Å². The van der Waals surface area contributed by atoms with Crippen molar-refractivity contribution >= 4 is 17.3 Å². The molecule has 2 N–H and O–H groups in total. The maximum Gasteiger partial charge on any atom is 0.0608 e. The minimum atomic E-state index is -0.626. The molecule has 0 unspecified atom stereocenters. The van der Waals surface area contributed by atoms with Crippen molar-refractivity contribution in [3.8, 4) is 0 Å². The lowest BCUT2D eigenvalue weighted by Gasteiger charge is -2.18. The Morgan fingerprint density at radius 1 is 1.40 bits per heavy atom. The van der Waals surface area contributed by atoms with Crippen molar-refractivity contribution in [1.82, 2.24) is 0 Å². The molecule has 0 bridgehead atoms. The average Bonchev–Trinajstić information content (AvgIpc) is 2.09. The number of halogens is 1. The first kappa shape index (κ1) is 12.3. The van der Waals surface area contributed by atoms with Crippen LogP contribution in [0.25, 0.3) is 0 Å². The molecule has 0 radical (unpaired) electrons. The molecule has 3 heteroatoms. The maximum absolute atomic E-state index is 9.55. The summed E-state index contributed by atoms with van der Waals surface area (Å²) in [5.41, 5.74) is 1.57. The molecular formula is C12H18ClNO. The second-order valence-electron chi connectivity index (χ2n) is 4.45. The van der Waals surface area contributed by atoms with Crippen LogP contribution in [-0.4, -0.2) is 17.3 Å². The van der Waals surface area contributed by atoms with Gasteiger partial charge in [0.2, 0.25) is 0 Å². The Kier molecular flexibility index (Phi) is 4.00. The molecule has 84 valence electrons. The molecule has 1 aromatic carbocycles. The van der Waals surface area contributed by atoms with E-state index in [4.69, 9.17) is 11.6 Å². The maximum atomic E-state index is 9.55. The third-order valence-corrected chi connectivity index (χ3v) is 2.49. The van der Waals surface area contributed by atoms with Gasteiger partial charge in [0.1, 0.15) is 0 Å². The van der Waals surface area contributed by atoms with Gasteiger partial charge in [-0.2, -0.15) is 0 Å². The number of benzene rings is 1. The van der Waals surface area contributed by atoms with Crippen molar-refractivity contribution in [3.63, 3.8) is 0 Å². The number of aliphatic hydroxyl groups is 1. The average molecular weight is 228 g/mol. The molecule has 0 aliphatic carbocycles. The monoisotopic (exact) mass is 227 g/mol. The molecule has 0 amide bonds. The quantitative estimate of drug-likeness (QED) is 0.828. The Balaban J connectivity index is 2.54. The summed E-state index contributed by atoms with van der Waals surface area (Å²) < 4.78 is 0. The highest BCUT2D eigenvalue weighted by Crippen LogP contribution is 2.20. The highest BCUT2D eigenvalue weighted by molar-refractivity contribution is 6.30. The molecular weight excluding hydrogens is 210 g/mol. The molecule has 1 aromatic rings. The molecule has 0 saturated carbocycles. The van der Waals surface area contributed by atoms with Gasteiger partial charge in [-0.3, -0.25) is 0 Å². The molecule has 0 saturated heterocycles. The Morgan fingerprint density at radius 2 is 2.07 bits per heavy atom. The number of hydrogen-bond donors (Lipinski definition) is 2. The van der Waals surface area contributed by atoms with Crippen molar-refractivity contribution < 1.29 is 5.11 Å². The van der Waals surface area contributed by atoms with E-state index in [1.807, 2.05) is 25.1 Å². The van der Waals surface area contributed by atoms with E-state index in [0.717, 1.165) is 22.8 Å². The first-order chi connectivity index (χ1) is 6.88. The third-order valence-electron chi connectivity index (χ3n) is 2.25. The second-order valence-corrected chi connectivity index (χ2v) is 4.88. The van der Waals surface area contributed by atoms with Crippen LogP contribution in [0.2, 0.25) is 5.02 Å². The van der Waals surface area contributed by atoms with Crippen LogP contribution in [-0.2, 0) is 0 Å². The van der Waals surface area contributed by atoms with Gasteiger partial charge in [0.05, 0.1) is 5.60 Å². The summed E-state index contributed by atoms with van der Waals surface area (Å²) in [6, 6.07) is 5.76. The zero-order chi connectivity index (χ0) is 11.5. The molecule has 1 rings (SSSR count). The van der Waals surface area contributed by atoms with Crippen molar-refractivity contribution in [1.29, 1.82) is 0 Å². The van der Waals surface area contributed by atoms with Crippen LogP contribution < -0.4 is 5.32 Å². The number of rotatable bonds is 4. The van der Waals surface area contributed by atoms with E-state index in [1.165, 1.54) is 0 Å². The van der Waals surface area contributed by atoms with E-state index in [1.54, 1.807) is 13.8 Å². The van der Waals surface area contributed by atoms with E-state index in [2.05, 4.69) is 5.32 Å². The van der Waals surface area contributed by atoms with Crippen molar-refractivity contribution in [2.45, 2.75) is 32.8 Å². The molecule has 0 spiro atoms. The van der Waals surface area contributed by atoms with Crippen LogP contribution in [0.4, 0.5) is 5.69 Å².